The number of carbonyl (C=O) groups excluding carboxylic acids is 1. The lowest BCUT2D eigenvalue weighted by atomic mass is 10.1. The molecule has 0 fully saturated rings. The van der Waals surface area contributed by atoms with Gasteiger partial charge >= 0.3 is 0 Å². The van der Waals surface area contributed by atoms with Crippen LogP contribution in [0.4, 0.5) is 0 Å². The molecule has 1 N–H and O–H groups in total. The van der Waals surface area contributed by atoms with Gasteiger partial charge in [0.1, 0.15) is 19.0 Å². The summed E-state index contributed by atoms with van der Waals surface area (Å²) in [6, 6.07) is 30.1. The van der Waals surface area contributed by atoms with E-state index in [1.54, 1.807) is 18.2 Å². The van der Waals surface area contributed by atoms with E-state index in [-0.39, 0.29) is 17.1 Å². The zero-order valence-electron chi connectivity index (χ0n) is 18.4. The zero-order chi connectivity index (χ0) is 23.8. The summed E-state index contributed by atoms with van der Waals surface area (Å²) >= 11 is 3.33. The van der Waals surface area contributed by atoms with E-state index < -0.39 is 0 Å². The molecule has 0 saturated heterocycles. The second-order valence-corrected chi connectivity index (χ2v) is 8.53. The van der Waals surface area contributed by atoms with Crippen molar-refractivity contribution in [2.75, 3.05) is 0 Å². The molecule has 0 aromatic heterocycles. The number of ketones is 1. The highest BCUT2D eigenvalue weighted by molar-refractivity contribution is 9.10. The van der Waals surface area contributed by atoms with Crippen LogP contribution < -0.4 is 9.47 Å². The van der Waals surface area contributed by atoms with E-state index in [9.17, 15) is 9.90 Å². The SMILES string of the molecule is O=C(/C=C/c1ccc(OCc2ccccc2)c(OCc2ccccc2)c1)c1cc(Br)ccc1O. The smallest absolute Gasteiger partial charge is 0.189 e. The number of hydrogen-bond acceptors (Lipinski definition) is 4. The molecule has 0 saturated carbocycles. The predicted octanol–water partition coefficient (Wildman–Crippen LogP) is 7.21. The Morgan fingerprint density at radius 1 is 0.765 bits per heavy atom. The highest BCUT2D eigenvalue weighted by atomic mass is 79.9. The molecule has 0 bridgehead atoms. The summed E-state index contributed by atoms with van der Waals surface area (Å²) in [4.78, 5) is 12.6. The first kappa shape index (κ1) is 23.3. The lowest BCUT2D eigenvalue weighted by Gasteiger charge is -2.14. The van der Waals surface area contributed by atoms with Crippen LogP contribution in [0.15, 0.2) is 108 Å². The van der Waals surface area contributed by atoms with Crippen LogP contribution in [0.1, 0.15) is 27.0 Å². The van der Waals surface area contributed by atoms with Crippen LogP contribution in [0, 0.1) is 0 Å². The summed E-state index contributed by atoms with van der Waals surface area (Å²) in [6.07, 6.45) is 3.13. The van der Waals surface area contributed by atoms with Gasteiger partial charge in [-0.15, -0.1) is 0 Å². The Hall–Kier alpha value is -3.83. The summed E-state index contributed by atoms with van der Waals surface area (Å²) in [5.41, 5.74) is 3.10. The molecule has 0 atom stereocenters. The fraction of sp³-hybridized carbons (Fsp3) is 0.0690. The number of ether oxygens (including phenoxy) is 2. The minimum atomic E-state index is -0.296. The van der Waals surface area contributed by atoms with Crippen molar-refractivity contribution in [1.29, 1.82) is 0 Å². The normalized spacial score (nSPS) is 10.9. The van der Waals surface area contributed by atoms with Crippen molar-refractivity contribution in [3.8, 4) is 17.2 Å². The molecule has 4 aromatic rings. The van der Waals surface area contributed by atoms with Crippen LogP contribution in [-0.4, -0.2) is 10.9 Å². The molecule has 0 heterocycles. The number of aromatic hydroxyl groups is 1. The summed E-state index contributed by atoms with van der Waals surface area (Å²) < 4.78 is 12.8. The van der Waals surface area contributed by atoms with Gasteiger partial charge in [0.05, 0.1) is 5.56 Å². The van der Waals surface area contributed by atoms with Crippen molar-refractivity contribution in [3.63, 3.8) is 0 Å². The van der Waals surface area contributed by atoms with E-state index in [1.165, 1.54) is 12.1 Å². The number of phenols is 1. The van der Waals surface area contributed by atoms with E-state index >= 15 is 0 Å². The van der Waals surface area contributed by atoms with E-state index in [0.717, 1.165) is 21.2 Å². The summed E-state index contributed by atoms with van der Waals surface area (Å²) in [7, 11) is 0. The van der Waals surface area contributed by atoms with Crippen LogP contribution in [0.3, 0.4) is 0 Å². The maximum atomic E-state index is 12.6. The van der Waals surface area contributed by atoms with E-state index in [0.29, 0.717) is 24.7 Å². The molecule has 34 heavy (non-hydrogen) atoms. The molecule has 0 aliphatic heterocycles. The molecule has 4 aromatic carbocycles. The van der Waals surface area contributed by atoms with Crippen LogP contribution >= 0.6 is 15.9 Å². The molecule has 170 valence electrons. The summed E-state index contributed by atoms with van der Waals surface area (Å²) in [5.74, 6) is 0.844. The zero-order valence-corrected chi connectivity index (χ0v) is 19.9. The molecule has 5 heteroatoms. The number of hydrogen-bond donors (Lipinski definition) is 1. The molecular weight excluding hydrogens is 492 g/mol. The number of allylic oxidation sites excluding steroid dienone is 1. The topological polar surface area (TPSA) is 55.8 Å². The summed E-state index contributed by atoms with van der Waals surface area (Å²) in [5, 5.41) is 10.0. The Balaban J connectivity index is 1.54. The molecule has 0 amide bonds. The Labute approximate surface area is 207 Å². The molecular formula is C29H23BrO4. The second-order valence-electron chi connectivity index (χ2n) is 7.61. The molecule has 0 aliphatic rings. The van der Waals surface area contributed by atoms with Crippen LogP contribution in [0.5, 0.6) is 17.2 Å². The molecule has 4 nitrogen and oxygen atoms in total. The number of carbonyl (C=O) groups is 1. The van der Waals surface area contributed by atoms with Crippen molar-refractivity contribution in [3.05, 3.63) is 130 Å². The van der Waals surface area contributed by atoms with Crippen molar-refractivity contribution in [2.45, 2.75) is 13.2 Å². The van der Waals surface area contributed by atoms with Gasteiger partial charge in [0.15, 0.2) is 17.3 Å². The molecule has 4 rings (SSSR count). The minimum Gasteiger partial charge on any atom is -0.507 e. The van der Waals surface area contributed by atoms with Crippen molar-refractivity contribution < 1.29 is 19.4 Å². The lowest BCUT2D eigenvalue weighted by Crippen LogP contribution is -2.01. The van der Waals surface area contributed by atoms with Gasteiger partial charge in [-0.2, -0.15) is 0 Å². The first-order valence-corrected chi connectivity index (χ1v) is 11.6. The van der Waals surface area contributed by atoms with Crippen molar-refractivity contribution in [2.24, 2.45) is 0 Å². The van der Waals surface area contributed by atoms with Gasteiger partial charge in [-0.3, -0.25) is 4.79 Å². The fourth-order valence-electron chi connectivity index (χ4n) is 3.30. The van der Waals surface area contributed by atoms with Gasteiger partial charge in [-0.1, -0.05) is 88.7 Å². The third-order valence-corrected chi connectivity index (χ3v) is 5.59. The lowest BCUT2D eigenvalue weighted by molar-refractivity contribution is 0.104. The maximum absolute atomic E-state index is 12.6. The largest absolute Gasteiger partial charge is 0.507 e. The number of phenolic OH excluding ortho intramolecular Hbond substituents is 1. The number of halogens is 1. The molecule has 0 unspecified atom stereocenters. The van der Waals surface area contributed by atoms with Gasteiger partial charge < -0.3 is 14.6 Å². The third kappa shape index (κ3) is 6.36. The van der Waals surface area contributed by atoms with E-state index in [4.69, 9.17) is 9.47 Å². The Kier molecular flexibility index (Phi) is 7.79. The Morgan fingerprint density at radius 3 is 2.03 bits per heavy atom. The maximum Gasteiger partial charge on any atom is 0.189 e. The van der Waals surface area contributed by atoms with Gasteiger partial charge in [0.25, 0.3) is 0 Å². The standard InChI is InChI=1S/C29H23BrO4/c30-24-13-15-27(32)25(18-24)26(31)14-11-21-12-16-28(33-19-22-7-3-1-4-8-22)29(17-21)34-20-23-9-5-2-6-10-23/h1-18,32H,19-20H2/b14-11+. The van der Waals surface area contributed by atoms with Gasteiger partial charge in [-0.25, -0.2) is 0 Å². The first-order valence-electron chi connectivity index (χ1n) is 10.8. The minimum absolute atomic E-state index is 0.0607. The molecule has 0 radical (unpaired) electrons. The molecule has 0 aliphatic carbocycles. The summed E-state index contributed by atoms with van der Waals surface area (Å²) in [6.45, 7) is 0.804. The van der Waals surface area contributed by atoms with Crippen LogP contribution in [0.25, 0.3) is 6.08 Å². The Bertz CT molecular complexity index is 1280. The van der Waals surface area contributed by atoms with Gasteiger partial charge in [0, 0.05) is 4.47 Å². The van der Waals surface area contributed by atoms with E-state index in [2.05, 4.69) is 15.9 Å². The quantitative estimate of drug-likeness (QED) is 0.189. The fourth-order valence-corrected chi connectivity index (χ4v) is 3.66. The van der Waals surface area contributed by atoms with Crippen molar-refractivity contribution in [1.82, 2.24) is 0 Å². The highest BCUT2D eigenvalue weighted by Crippen LogP contribution is 2.31. The average molecular weight is 515 g/mol. The predicted molar refractivity (Wildman–Crippen MR) is 137 cm³/mol. The number of rotatable bonds is 9. The average Bonchev–Trinajstić information content (AvgIpc) is 2.88. The highest BCUT2D eigenvalue weighted by Gasteiger charge is 2.10. The van der Waals surface area contributed by atoms with Crippen LogP contribution in [-0.2, 0) is 13.2 Å². The first-order chi connectivity index (χ1) is 16.6. The van der Waals surface area contributed by atoms with Gasteiger partial charge in [-0.05, 0) is 53.1 Å². The van der Waals surface area contributed by atoms with Crippen molar-refractivity contribution >= 4 is 27.8 Å². The van der Waals surface area contributed by atoms with E-state index in [1.807, 2.05) is 78.9 Å². The monoisotopic (exact) mass is 514 g/mol. The molecule has 0 spiro atoms. The second kappa shape index (κ2) is 11.3. The number of benzene rings is 4. The van der Waals surface area contributed by atoms with Crippen LogP contribution in [0.2, 0.25) is 0 Å². The Morgan fingerprint density at radius 2 is 1.38 bits per heavy atom. The third-order valence-electron chi connectivity index (χ3n) is 5.09. The van der Waals surface area contributed by atoms with Gasteiger partial charge in [0.2, 0.25) is 0 Å².